The van der Waals surface area contributed by atoms with E-state index in [2.05, 4.69) is 12.1 Å². The quantitative estimate of drug-likeness (QED) is 0.916. The van der Waals surface area contributed by atoms with Crippen LogP contribution in [0.5, 0.6) is 5.75 Å². The van der Waals surface area contributed by atoms with Gasteiger partial charge in [-0.2, -0.15) is 0 Å². The van der Waals surface area contributed by atoms with Gasteiger partial charge in [-0.25, -0.2) is 0 Å². The predicted octanol–water partition coefficient (Wildman–Crippen LogP) is 4.26. The molecule has 0 amide bonds. The summed E-state index contributed by atoms with van der Waals surface area (Å²) in [5.74, 6) is 0.887. The molecule has 2 aromatic rings. The molecule has 3 rings (SSSR count). The summed E-state index contributed by atoms with van der Waals surface area (Å²) in [4.78, 5) is 0. The molecule has 0 saturated carbocycles. The van der Waals surface area contributed by atoms with Gasteiger partial charge in [0, 0.05) is 16.6 Å². The molecule has 0 fully saturated rings. The number of hydrogen-bond donors (Lipinski definition) is 1. The third-order valence-corrected chi connectivity index (χ3v) is 4.20. The Hall–Kier alpha value is -1.51. The molecule has 20 heavy (non-hydrogen) atoms. The lowest BCUT2D eigenvalue weighted by atomic mass is 9.88. The first-order valence-corrected chi connectivity index (χ1v) is 7.36. The van der Waals surface area contributed by atoms with E-state index in [1.54, 1.807) is 0 Å². The van der Waals surface area contributed by atoms with Crippen molar-refractivity contribution < 1.29 is 4.74 Å². The van der Waals surface area contributed by atoms with Gasteiger partial charge in [0.2, 0.25) is 0 Å². The molecule has 1 atom stereocenters. The average molecular weight is 288 g/mol. The summed E-state index contributed by atoms with van der Waals surface area (Å²) >= 11 is 6.13. The van der Waals surface area contributed by atoms with Crippen LogP contribution >= 0.6 is 11.6 Å². The van der Waals surface area contributed by atoms with E-state index in [1.807, 2.05) is 30.3 Å². The van der Waals surface area contributed by atoms with Gasteiger partial charge in [0.15, 0.2) is 0 Å². The van der Waals surface area contributed by atoms with Crippen LogP contribution in [0.1, 0.15) is 35.6 Å². The van der Waals surface area contributed by atoms with Crippen molar-refractivity contribution in [2.45, 2.75) is 31.9 Å². The van der Waals surface area contributed by atoms with Gasteiger partial charge in [0.1, 0.15) is 12.4 Å². The normalized spacial score (nSPS) is 17.6. The lowest BCUT2D eigenvalue weighted by Gasteiger charge is -2.22. The second kappa shape index (κ2) is 5.86. The second-order valence-corrected chi connectivity index (χ2v) is 5.65. The maximum absolute atomic E-state index is 6.13. The molecular weight excluding hydrogens is 270 g/mol. The van der Waals surface area contributed by atoms with Crippen LogP contribution in [0.15, 0.2) is 42.5 Å². The Morgan fingerprint density at radius 1 is 1.20 bits per heavy atom. The number of halogens is 1. The summed E-state index contributed by atoms with van der Waals surface area (Å²) in [6.07, 6.45) is 3.32. The number of nitrogens with two attached hydrogens (primary N) is 1. The number of rotatable bonds is 3. The van der Waals surface area contributed by atoms with Crippen molar-refractivity contribution in [1.82, 2.24) is 0 Å². The van der Waals surface area contributed by atoms with Crippen LogP contribution in [0.2, 0.25) is 5.02 Å². The Labute approximate surface area is 124 Å². The van der Waals surface area contributed by atoms with E-state index in [-0.39, 0.29) is 6.04 Å². The van der Waals surface area contributed by atoms with Crippen molar-refractivity contribution in [2.24, 2.45) is 5.73 Å². The summed E-state index contributed by atoms with van der Waals surface area (Å²) < 4.78 is 5.85. The fourth-order valence-electron chi connectivity index (χ4n) is 2.69. The van der Waals surface area contributed by atoms with Crippen LogP contribution in [-0.2, 0) is 13.0 Å². The molecule has 0 heterocycles. The van der Waals surface area contributed by atoms with Gasteiger partial charge in [-0.3, -0.25) is 0 Å². The third-order valence-electron chi connectivity index (χ3n) is 3.83. The molecule has 1 aliphatic rings. The second-order valence-electron chi connectivity index (χ2n) is 5.24. The monoisotopic (exact) mass is 287 g/mol. The topological polar surface area (TPSA) is 35.2 Å². The first-order chi connectivity index (χ1) is 9.74. The number of benzene rings is 2. The smallest absolute Gasteiger partial charge is 0.120 e. The van der Waals surface area contributed by atoms with Crippen LogP contribution in [0, 0.1) is 0 Å². The van der Waals surface area contributed by atoms with Gasteiger partial charge >= 0.3 is 0 Å². The molecule has 1 unspecified atom stereocenters. The van der Waals surface area contributed by atoms with Gasteiger partial charge in [0.05, 0.1) is 0 Å². The molecule has 0 saturated heterocycles. The van der Waals surface area contributed by atoms with E-state index in [1.165, 1.54) is 11.1 Å². The Morgan fingerprint density at radius 3 is 2.90 bits per heavy atom. The number of aryl methyl sites for hydroxylation is 1. The first kappa shape index (κ1) is 13.5. The zero-order chi connectivity index (χ0) is 13.9. The zero-order valence-electron chi connectivity index (χ0n) is 11.3. The molecule has 0 aromatic heterocycles. The van der Waals surface area contributed by atoms with Crippen molar-refractivity contribution in [3.05, 3.63) is 64.2 Å². The largest absolute Gasteiger partial charge is 0.489 e. The highest BCUT2D eigenvalue weighted by Gasteiger charge is 2.17. The van der Waals surface area contributed by atoms with E-state index in [9.17, 15) is 0 Å². The Balaban J connectivity index is 1.74. The van der Waals surface area contributed by atoms with Gasteiger partial charge < -0.3 is 10.5 Å². The molecule has 0 bridgehead atoms. The number of hydrogen-bond acceptors (Lipinski definition) is 2. The number of fused-ring (bicyclic) bond motifs is 1. The molecule has 2 aromatic carbocycles. The molecular formula is C17H18ClNO. The Morgan fingerprint density at radius 2 is 2.05 bits per heavy atom. The molecule has 0 radical (unpaired) electrons. The van der Waals surface area contributed by atoms with E-state index >= 15 is 0 Å². The fraction of sp³-hybridized carbons (Fsp3) is 0.294. The fourth-order valence-corrected chi connectivity index (χ4v) is 2.88. The van der Waals surface area contributed by atoms with Crippen molar-refractivity contribution >= 4 is 11.6 Å². The van der Waals surface area contributed by atoms with Crippen LogP contribution in [0.25, 0.3) is 0 Å². The Kier molecular flexibility index (Phi) is 3.95. The molecule has 0 spiro atoms. The van der Waals surface area contributed by atoms with E-state index in [0.29, 0.717) is 6.61 Å². The number of ether oxygens (including phenoxy) is 1. The van der Waals surface area contributed by atoms with Crippen LogP contribution in [0.3, 0.4) is 0 Å². The summed E-state index contributed by atoms with van der Waals surface area (Å²) in [7, 11) is 0. The molecule has 2 N–H and O–H groups in total. The molecule has 2 nitrogen and oxygen atoms in total. The summed E-state index contributed by atoms with van der Waals surface area (Å²) in [6, 6.07) is 14.1. The maximum atomic E-state index is 6.13. The van der Waals surface area contributed by atoms with Gasteiger partial charge in [0.25, 0.3) is 0 Å². The van der Waals surface area contributed by atoms with Crippen molar-refractivity contribution in [3.8, 4) is 5.75 Å². The minimum Gasteiger partial charge on any atom is -0.489 e. The van der Waals surface area contributed by atoms with Crippen molar-refractivity contribution in [3.63, 3.8) is 0 Å². The van der Waals surface area contributed by atoms with Crippen LogP contribution in [-0.4, -0.2) is 0 Å². The summed E-state index contributed by atoms with van der Waals surface area (Å²) in [6.45, 7) is 0.491. The summed E-state index contributed by atoms with van der Waals surface area (Å²) in [5, 5.41) is 0.743. The Bertz CT molecular complexity index is 612. The molecule has 3 heteroatoms. The molecule has 1 aliphatic carbocycles. The average Bonchev–Trinajstić information content (AvgIpc) is 2.46. The molecule has 0 aliphatic heterocycles. The third kappa shape index (κ3) is 2.82. The zero-order valence-corrected chi connectivity index (χ0v) is 12.1. The molecule has 104 valence electrons. The highest BCUT2D eigenvalue weighted by Crippen LogP contribution is 2.31. The van der Waals surface area contributed by atoms with E-state index in [4.69, 9.17) is 22.1 Å². The highest BCUT2D eigenvalue weighted by molar-refractivity contribution is 6.31. The van der Waals surface area contributed by atoms with Gasteiger partial charge in [-0.05, 0) is 48.6 Å². The van der Waals surface area contributed by atoms with Crippen LogP contribution < -0.4 is 10.5 Å². The lowest BCUT2D eigenvalue weighted by Crippen LogP contribution is -2.17. The SMILES string of the molecule is NC1CCCc2cc(OCc3ccccc3Cl)ccc21. The van der Waals surface area contributed by atoms with E-state index < -0.39 is 0 Å². The van der Waals surface area contributed by atoms with Crippen LogP contribution in [0.4, 0.5) is 0 Å². The standard InChI is InChI=1S/C17H18ClNO/c18-16-6-2-1-4-13(16)11-20-14-8-9-15-12(10-14)5-3-7-17(15)19/h1-2,4,6,8-10,17H,3,5,7,11,19H2. The van der Waals surface area contributed by atoms with Gasteiger partial charge in [-0.15, -0.1) is 0 Å². The summed E-state index contributed by atoms with van der Waals surface area (Å²) in [5.41, 5.74) is 9.71. The minimum absolute atomic E-state index is 0.177. The predicted molar refractivity (Wildman–Crippen MR) is 82.1 cm³/mol. The maximum Gasteiger partial charge on any atom is 0.120 e. The van der Waals surface area contributed by atoms with Gasteiger partial charge in [-0.1, -0.05) is 35.9 Å². The van der Waals surface area contributed by atoms with Crippen molar-refractivity contribution in [1.29, 1.82) is 0 Å². The van der Waals surface area contributed by atoms with E-state index in [0.717, 1.165) is 35.6 Å². The lowest BCUT2D eigenvalue weighted by molar-refractivity contribution is 0.305. The minimum atomic E-state index is 0.177. The van der Waals surface area contributed by atoms with Crippen molar-refractivity contribution in [2.75, 3.05) is 0 Å². The highest BCUT2D eigenvalue weighted by atomic mass is 35.5. The first-order valence-electron chi connectivity index (χ1n) is 6.98.